The van der Waals surface area contributed by atoms with Gasteiger partial charge in [-0.15, -0.1) is 0 Å². The molecule has 3 nitrogen and oxygen atoms in total. The Balaban J connectivity index is 2.44. The zero-order valence-corrected chi connectivity index (χ0v) is 12.8. The number of carbonyl (C=O) groups excluding carboxylic acids is 1. The molecule has 0 heterocycles. The van der Waals surface area contributed by atoms with E-state index in [-0.39, 0.29) is 6.04 Å². The molecule has 17 heavy (non-hydrogen) atoms. The Kier molecular flexibility index (Phi) is 5.04. The van der Waals surface area contributed by atoms with E-state index in [1.807, 2.05) is 20.8 Å². The van der Waals surface area contributed by atoms with Gasteiger partial charge in [-0.2, -0.15) is 0 Å². The summed E-state index contributed by atoms with van der Waals surface area (Å²) < 4.78 is 19.8. The maximum absolute atomic E-state index is 14.1. The highest BCUT2D eigenvalue weighted by atomic mass is 127. The van der Waals surface area contributed by atoms with Crippen LogP contribution < -0.4 is 5.32 Å². The van der Waals surface area contributed by atoms with Gasteiger partial charge in [0.15, 0.2) is 0 Å². The molecule has 1 aliphatic rings. The summed E-state index contributed by atoms with van der Waals surface area (Å²) in [6.07, 6.45) is 2.21. The molecule has 0 aromatic heterocycles. The number of ether oxygens (including phenoxy) is 1. The zero-order chi connectivity index (χ0) is 13.1. The van der Waals surface area contributed by atoms with Gasteiger partial charge in [-0.1, -0.05) is 22.6 Å². The second kappa shape index (κ2) is 5.71. The summed E-state index contributed by atoms with van der Waals surface area (Å²) in [4.78, 5) is 11.6. The van der Waals surface area contributed by atoms with Crippen LogP contribution >= 0.6 is 22.6 Å². The number of rotatable bonds is 2. The van der Waals surface area contributed by atoms with Crippen molar-refractivity contribution in [2.75, 3.05) is 4.43 Å². The molecule has 0 bridgehead atoms. The number of nitrogens with one attached hydrogen (secondary N) is 1. The maximum Gasteiger partial charge on any atom is 0.407 e. The Morgan fingerprint density at radius 1 is 1.59 bits per heavy atom. The number of amides is 1. The summed E-state index contributed by atoms with van der Waals surface area (Å²) >= 11 is 2.07. The number of carbonyl (C=O) groups is 1. The molecule has 1 N–H and O–H groups in total. The smallest absolute Gasteiger partial charge is 0.407 e. The lowest BCUT2D eigenvalue weighted by Crippen LogP contribution is -2.46. The van der Waals surface area contributed by atoms with E-state index in [4.69, 9.17) is 4.74 Å². The van der Waals surface area contributed by atoms with Crippen molar-refractivity contribution in [2.24, 2.45) is 0 Å². The molecule has 1 saturated carbocycles. The molecule has 0 radical (unpaired) electrons. The highest BCUT2D eigenvalue weighted by Crippen LogP contribution is 2.33. The number of hydrogen-bond donors (Lipinski definition) is 1. The number of alkyl carbamates (subject to hydrolysis) is 1. The first-order chi connectivity index (χ1) is 7.74. The summed E-state index contributed by atoms with van der Waals surface area (Å²) in [5.74, 6) is 0. The summed E-state index contributed by atoms with van der Waals surface area (Å²) in [6, 6.07) is -0.0987. The summed E-state index contributed by atoms with van der Waals surface area (Å²) in [5, 5.41) is 2.76. The van der Waals surface area contributed by atoms with Crippen LogP contribution in [0.3, 0.4) is 0 Å². The van der Waals surface area contributed by atoms with E-state index in [9.17, 15) is 9.18 Å². The van der Waals surface area contributed by atoms with E-state index < -0.39 is 17.4 Å². The fourth-order valence-corrected chi connectivity index (χ4v) is 2.72. The third-order valence-corrected chi connectivity index (χ3v) is 4.12. The van der Waals surface area contributed by atoms with E-state index in [0.717, 1.165) is 12.8 Å². The van der Waals surface area contributed by atoms with Gasteiger partial charge in [-0.05, 0) is 40.0 Å². The SMILES string of the molecule is CC(C)(C)OC(=O)NC1CCCC(F)(CI)C1. The summed E-state index contributed by atoms with van der Waals surface area (Å²) in [5.41, 5.74) is -1.63. The van der Waals surface area contributed by atoms with Crippen LogP contribution in [0.5, 0.6) is 0 Å². The average Bonchev–Trinajstić information content (AvgIpc) is 2.14. The minimum Gasteiger partial charge on any atom is -0.444 e. The molecule has 5 heteroatoms. The lowest BCUT2D eigenvalue weighted by molar-refractivity contribution is 0.0444. The van der Waals surface area contributed by atoms with Crippen molar-refractivity contribution in [1.29, 1.82) is 0 Å². The van der Waals surface area contributed by atoms with Gasteiger partial charge < -0.3 is 10.1 Å². The second-order valence-corrected chi connectivity index (χ2v) is 6.49. The molecule has 0 aromatic rings. The largest absolute Gasteiger partial charge is 0.444 e. The van der Waals surface area contributed by atoms with Crippen LogP contribution in [0, 0.1) is 0 Å². The van der Waals surface area contributed by atoms with Crippen molar-refractivity contribution >= 4 is 28.7 Å². The molecule has 1 rings (SSSR count). The Morgan fingerprint density at radius 2 is 2.24 bits per heavy atom. The fraction of sp³-hybridized carbons (Fsp3) is 0.917. The molecule has 0 spiro atoms. The van der Waals surface area contributed by atoms with Crippen LogP contribution in [-0.2, 0) is 4.74 Å². The minimum atomic E-state index is -1.13. The van der Waals surface area contributed by atoms with E-state index >= 15 is 0 Å². The van der Waals surface area contributed by atoms with Crippen LogP contribution in [0.25, 0.3) is 0 Å². The summed E-state index contributed by atoms with van der Waals surface area (Å²) in [7, 11) is 0. The summed E-state index contributed by atoms with van der Waals surface area (Å²) in [6.45, 7) is 5.45. The molecule has 1 fully saturated rings. The molecule has 1 aliphatic carbocycles. The lowest BCUT2D eigenvalue weighted by Gasteiger charge is -2.34. The van der Waals surface area contributed by atoms with Crippen molar-refractivity contribution in [3.8, 4) is 0 Å². The monoisotopic (exact) mass is 357 g/mol. The van der Waals surface area contributed by atoms with Crippen LogP contribution in [0.15, 0.2) is 0 Å². The first-order valence-electron chi connectivity index (χ1n) is 5.98. The molecule has 0 aliphatic heterocycles. The molecular weight excluding hydrogens is 336 g/mol. The van der Waals surface area contributed by atoms with E-state index in [1.165, 1.54) is 0 Å². The molecule has 100 valence electrons. The Labute approximate surface area is 116 Å². The second-order valence-electron chi connectivity index (χ2n) is 5.72. The van der Waals surface area contributed by atoms with Crippen molar-refractivity contribution < 1.29 is 13.9 Å². The predicted octanol–water partition coefficient (Wildman–Crippen LogP) is 3.60. The molecule has 2 unspecified atom stereocenters. The van der Waals surface area contributed by atoms with Crippen LogP contribution in [-0.4, -0.2) is 27.8 Å². The Hall–Kier alpha value is -0.0700. The van der Waals surface area contributed by atoms with Crippen LogP contribution in [0.4, 0.5) is 9.18 Å². The van der Waals surface area contributed by atoms with Gasteiger partial charge in [0.05, 0.1) is 0 Å². The highest BCUT2D eigenvalue weighted by Gasteiger charge is 2.36. The normalized spacial score (nSPS) is 29.8. The number of hydrogen-bond acceptors (Lipinski definition) is 2. The first-order valence-corrected chi connectivity index (χ1v) is 7.51. The van der Waals surface area contributed by atoms with Gasteiger partial charge in [0.1, 0.15) is 11.3 Å². The van der Waals surface area contributed by atoms with E-state index in [2.05, 4.69) is 27.9 Å². The minimum absolute atomic E-state index is 0.0987. The third kappa shape index (κ3) is 5.40. The Morgan fingerprint density at radius 3 is 2.76 bits per heavy atom. The van der Waals surface area contributed by atoms with Crippen molar-refractivity contribution in [3.63, 3.8) is 0 Å². The molecule has 0 aromatic carbocycles. The number of halogens is 2. The van der Waals surface area contributed by atoms with E-state index in [1.54, 1.807) is 0 Å². The Bertz CT molecular complexity index is 280. The zero-order valence-electron chi connectivity index (χ0n) is 10.7. The van der Waals surface area contributed by atoms with Gasteiger partial charge in [-0.25, -0.2) is 9.18 Å². The maximum atomic E-state index is 14.1. The van der Waals surface area contributed by atoms with Crippen molar-refractivity contribution in [3.05, 3.63) is 0 Å². The third-order valence-electron chi connectivity index (χ3n) is 2.75. The van der Waals surface area contributed by atoms with Gasteiger partial charge in [0.25, 0.3) is 0 Å². The topological polar surface area (TPSA) is 38.3 Å². The molecule has 0 saturated heterocycles. The van der Waals surface area contributed by atoms with Gasteiger partial charge in [-0.3, -0.25) is 0 Å². The van der Waals surface area contributed by atoms with Gasteiger partial charge in [0, 0.05) is 16.9 Å². The standard InChI is InChI=1S/C12H21FINO2/c1-11(2,3)17-10(16)15-9-5-4-6-12(13,7-9)8-14/h9H,4-8H2,1-3H3,(H,15,16). The van der Waals surface area contributed by atoms with Crippen LogP contribution in [0.2, 0.25) is 0 Å². The fourth-order valence-electron chi connectivity index (χ4n) is 2.03. The average molecular weight is 357 g/mol. The molecular formula is C12H21FINO2. The van der Waals surface area contributed by atoms with Crippen molar-refractivity contribution in [1.82, 2.24) is 5.32 Å². The van der Waals surface area contributed by atoms with Gasteiger partial charge >= 0.3 is 6.09 Å². The van der Waals surface area contributed by atoms with Gasteiger partial charge in [0.2, 0.25) is 0 Å². The first kappa shape index (κ1) is 15.0. The lowest BCUT2D eigenvalue weighted by atomic mass is 9.84. The highest BCUT2D eigenvalue weighted by molar-refractivity contribution is 14.1. The predicted molar refractivity (Wildman–Crippen MR) is 74.4 cm³/mol. The molecule has 1 amide bonds. The van der Waals surface area contributed by atoms with E-state index in [0.29, 0.717) is 17.3 Å². The number of alkyl halides is 2. The quantitative estimate of drug-likeness (QED) is 0.606. The molecule has 2 atom stereocenters. The van der Waals surface area contributed by atoms with Crippen LogP contribution in [0.1, 0.15) is 46.5 Å². The van der Waals surface area contributed by atoms with Crippen molar-refractivity contribution in [2.45, 2.75) is 63.8 Å².